The van der Waals surface area contributed by atoms with E-state index in [1.165, 1.54) is 0 Å². The molecule has 0 aromatic heterocycles. The van der Waals surface area contributed by atoms with Crippen molar-refractivity contribution in [1.82, 2.24) is 4.90 Å². The highest BCUT2D eigenvalue weighted by Gasteiger charge is 2.39. The van der Waals surface area contributed by atoms with E-state index < -0.39 is 0 Å². The Kier molecular flexibility index (Phi) is 1.13. The molecule has 0 aromatic rings. The van der Waals surface area contributed by atoms with E-state index in [2.05, 4.69) is 15.9 Å². The molecule has 2 nitrogen and oxygen atoms in total. The van der Waals surface area contributed by atoms with E-state index in [9.17, 15) is 4.79 Å². The summed E-state index contributed by atoms with van der Waals surface area (Å²) in [7, 11) is 0. The number of carbonyl (C=O) groups is 1. The van der Waals surface area contributed by atoms with Gasteiger partial charge in [0.15, 0.2) is 0 Å². The van der Waals surface area contributed by atoms with Crippen molar-refractivity contribution < 1.29 is 4.79 Å². The Hall–Kier alpha value is 0.0400. The van der Waals surface area contributed by atoms with Gasteiger partial charge >= 0.3 is 0 Å². The lowest BCUT2D eigenvalue weighted by atomic mass is 10.2. The molecule has 2 heterocycles. The molecule has 0 aromatic carbocycles. The molecule has 1 saturated heterocycles. The van der Waals surface area contributed by atoms with Crippen LogP contribution in [0.4, 0.5) is 0 Å². The molecule has 0 spiro atoms. The highest BCUT2D eigenvalue weighted by atomic mass is 79.9. The molecule has 2 aliphatic heterocycles. The SMILES string of the molecule is O=C1C[C@H]2SC(Br)=CN12. The Morgan fingerprint density at radius 2 is 2.67 bits per heavy atom. The van der Waals surface area contributed by atoms with Gasteiger partial charge in [0.1, 0.15) is 0 Å². The molecule has 0 aliphatic carbocycles. The third-order valence-corrected chi connectivity index (χ3v) is 3.20. The van der Waals surface area contributed by atoms with Crippen molar-refractivity contribution in [2.45, 2.75) is 11.8 Å². The number of hydrogen-bond acceptors (Lipinski definition) is 2. The molecule has 0 bridgehead atoms. The maximum atomic E-state index is 10.7. The van der Waals surface area contributed by atoms with Crippen LogP contribution in [-0.2, 0) is 4.79 Å². The van der Waals surface area contributed by atoms with E-state index in [1.54, 1.807) is 16.7 Å². The van der Waals surface area contributed by atoms with Gasteiger partial charge in [0.05, 0.1) is 15.6 Å². The van der Waals surface area contributed by atoms with Crippen molar-refractivity contribution in [3.8, 4) is 0 Å². The molecule has 2 rings (SSSR count). The van der Waals surface area contributed by atoms with Crippen molar-refractivity contribution in [3.63, 3.8) is 0 Å². The largest absolute Gasteiger partial charge is 0.304 e. The van der Waals surface area contributed by atoms with E-state index in [-0.39, 0.29) is 5.91 Å². The second-order valence-electron chi connectivity index (χ2n) is 2.01. The minimum absolute atomic E-state index is 0.238. The van der Waals surface area contributed by atoms with Crippen LogP contribution in [0, 0.1) is 0 Å². The first-order valence-electron chi connectivity index (χ1n) is 2.62. The van der Waals surface area contributed by atoms with Crippen molar-refractivity contribution in [3.05, 3.63) is 10.0 Å². The zero-order valence-corrected chi connectivity index (χ0v) is 6.91. The zero-order valence-electron chi connectivity index (χ0n) is 4.50. The minimum Gasteiger partial charge on any atom is -0.304 e. The highest BCUT2D eigenvalue weighted by Crippen LogP contribution is 2.43. The summed E-state index contributed by atoms with van der Waals surface area (Å²) in [6, 6.07) is 0. The standard InChI is InChI=1S/C5H4BrNOS/c6-3-2-7-4(8)1-5(7)9-3/h2,5H,1H2/t5-/m1/s1. The second kappa shape index (κ2) is 1.76. The Morgan fingerprint density at radius 1 is 1.89 bits per heavy atom. The molecule has 2 aliphatic rings. The summed E-state index contributed by atoms with van der Waals surface area (Å²) in [6.45, 7) is 0. The van der Waals surface area contributed by atoms with Crippen LogP contribution in [0.15, 0.2) is 10.0 Å². The second-order valence-corrected chi connectivity index (χ2v) is 4.61. The Morgan fingerprint density at radius 3 is 3.11 bits per heavy atom. The van der Waals surface area contributed by atoms with Crippen LogP contribution in [0.5, 0.6) is 0 Å². The molecule has 0 unspecified atom stereocenters. The van der Waals surface area contributed by atoms with Gasteiger partial charge in [-0.05, 0) is 15.9 Å². The van der Waals surface area contributed by atoms with Gasteiger partial charge in [-0.1, -0.05) is 11.8 Å². The maximum Gasteiger partial charge on any atom is 0.230 e. The predicted molar refractivity (Wildman–Crippen MR) is 39.9 cm³/mol. The molecule has 0 N–H and O–H groups in total. The lowest BCUT2D eigenvalue weighted by Crippen LogP contribution is -2.44. The van der Waals surface area contributed by atoms with Crippen LogP contribution in [0.25, 0.3) is 0 Å². The van der Waals surface area contributed by atoms with Gasteiger partial charge in [-0.2, -0.15) is 0 Å². The Bertz CT molecular complexity index is 203. The van der Waals surface area contributed by atoms with Crippen LogP contribution in [0.1, 0.15) is 6.42 Å². The van der Waals surface area contributed by atoms with E-state index in [4.69, 9.17) is 0 Å². The fraction of sp³-hybridized carbons (Fsp3) is 0.400. The monoisotopic (exact) mass is 205 g/mol. The van der Waals surface area contributed by atoms with Gasteiger partial charge in [0.25, 0.3) is 0 Å². The van der Waals surface area contributed by atoms with Crippen LogP contribution >= 0.6 is 27.7 Å². The highest BCUT2D eigenvalue weighted by molar-refractivity contribution is 9.14. The van der Waals surface area contributed by atoms with E-state index in [0.29, 0.717) is 11.8 Å². The summed E-state index contributed by atoms with van der Waals surface area (Å²) in [5.41, 5.74) is 0. The number of nitrogens with zero attached hydrogens (tertiary/aromatic N) is 1. The number of halogens is 1. The third kappa shape index (κ3) is 0.730. The first-order valence-corrected chi connectivity index (χ1v) is 4.30. The van der Waals surface area contributed by atoms with Crippen molar-refractivity contribution >= 4 is 33.6 Å². The fourth-order valence-electron chi connectivity index (χ4n) is 0.925. The topological polar surface area (TPSA) is 20.3 Å². The average Bonchev–Trinajstić information content (AvgIpc) is 2.08. The molecule has 1 amide bonds. The third-order valence-electron chi connectivity index (χ3n) is 1.44. The van der Waals surface area contributed by atoms with Crippen molar-refractivity contribution in [1.29, 1.82) is 0 Å². The smallest absolute Gasteiger partial charge is 0.230 e. The molecule has 0 radical (unpaired) electrons. The van der Waals surface area contributed by atoms with Crippen LogP contribution in [0.2, 0.25) is 0 Å². The Labute approximate surface area is 65.4 Å². The summed E-state index contributed by atoms with van der Waals surface area (Å²) >= 11 is 5.02. The Balaban J connectivity index is 2.21. The molecule has 1 atom stereocenters. The first-order chi connectivity index (χ1) is 4.27. The number of hydrogen-bond donors (Lipinski definition) is 0. The lowest BCUT2D eigenvalue weighted by molar-refractivity contribution is -0.137. The fourth-order valence-corrected chi connectivity index (χ4v) is 2.74. The van der Waals surface area contributed by atoms with Crippen LogP contribution < -0.4 is 0 Å². The molecule has 9 heavy (non-hydrogen) atoms. The van der Waals surface area contributed by atoms with Crippen LogP contribution in [-0.4, -0.2) is 16.2 Å². The summed E-state index contributed by atoms with van der Waals surface area (Å²) in [6.07, 6.45) is 2.55. The van der Waals surface area contributed by atoms with E-state index in [1.807, 2.05) is 6.20 Å². The molecular formula is C5H4BrNOS. The van der Waals surface area contributed by atoms with Gasteiger partial charge in [-0.25, -0.2) is 0 Å². The van der Waals surface area contributed by atoms with Crippen LogP contribution in [0.3, 0.4) is 0 Å². The summed E-state index contributed by atoms with van der Waals surface area (Å²) in [5.74, 6) is 0.238. The predicted octanol–water partition coefficient (Wildman–Crippen LogP) is 1.49. The first kappa shape index (κ1) is 5.80. The number of carbonyl (C=O) groups excluding carboxylic acids is 1. The molecule has 1 fully saturated rings. The minimum atomic E-state index is 0.238. The van der Waals surface area contributed by atoms with Gasteiger partial charge in [0, 0.05) is 6.20 Å². The normalized spacial score (nSPS) is 31.7. The average molecular weight is 206 g/mol. The molecule has 4 heteroatoms. The zero-order chi connectivity index (χ0) is 6.43. The van der Waals surface area contributed by atoms with Gasteiger partial charge < -0.3 is 4.90 Å². The van der Waals surface area contributed by atoms with Gasteiger partial charge in [-0.15, -0.1) is 0 Å². The van der Waals surface area contributed by atoms with Crippen molar-refractivity contribution in [2.75, 3.05) is 0 Å². The van der Waals surface area contributed by atoms with Crippen molar-refractivity contribution in [2.24, 2.45) is 0 Å². The molecule has 0 saturated carbocycles. The van der Waals surface area contributed by atoms with Gasteiger partial charge in [-0.3, -0.25) is 4.79 Å². The molecular weight excluding hydrogens is 202 g/mol. The number of thioether (sulfide) groups is 1. The maximum absolute atomic E-state index is 10.7. The summed E-state index contributed by atoms with van der Waals surface area (Å²) in [5, 5.41) is 0.409. The number of amides is 1. The van der Waals surface area contributed by atoms with Gasteiger partial charge in [0.2, 0.25) is 5.91 Å². The lowest BCUT2D eigenvalue weighted by Gasteiger charge is -2.31. The van der Waals surface area contributed by atoms with E-state index >= 15 is 0 Å². The summed E-state index contributed by atoms with van der Waals surface area (Å²) < 4.78 is 1.07. The molecule has 48 valence electrons. The number of fused-ring (bicyclic) bond motifs is 1. The number of β-lactam (4-membered cyclic amide) rings is 1. The summed E-state index contributed by atoms with van der Waals surface area (Å²) in [4.78, 5) is 12.5. The quantitative estimate of drug-likeness (QED) is 0.559. The van der Waals surface area contributed by atoms with E-state index in [0.717, 1.165) is 3.81 Å². The number of rotatable bonds is 0.